The van der Waals surface area contributed by atoms with Crippen LogP contribution in [0, 0.1) is 0 Å². The number of aromatic nitrogens is 3. The van der Waals surface area contributed by atoms with E-state index in [0.29, 0.717) is 19.1 Å². The first-order valence-corrected chi connectivity index (χ1v) is 6.93. The number of nitrogen functional groups attached to an aromatic ring is 1. The fourth-order valence-corrected chi connectivity index (χ4v) is 1.79. The number of hydrogen-bond acceptors (Lipinski definition) is 7. The topological polar surface area (TPSA) is 98.0 Å². The van der Waals surface area contributed by atoms with Crippen LogP contribution in [0.1, 0.15) is 12.5 Å². The molecule has 0 radical (unpaired) electrons. The predicted octanol–water partition coefficient (Wildman–Crippen LogP) is 1.86. The maximum atomic E-state index is 5.85. The van der Waals surface area contributed by atoms with E-state index in [0.717, 1.165) is 11.4 Å². The first-order chi connectivity index (χ1) is 10.2. The first kappa shape index (κ1) is 15.3. The van der Waals surface area contributed by atoms with Gasteiger partial charge in [0.25, 0.3) is 0 Å². The van der Waals surface area contributed by atoms with E-state index in [9.17, 15) is 0 Å². The summed E-state index contributed by atoms with van der Waals surface area (Å²) in [6.45, 7) is 2.99. The molecule has 4 N–H and O–H groups in total. The lowest BCUT2D eigenvalue weighted by atomic mass is 10.1. The number of rotatable bonds is 7. The van der Waals surface area contributed by atoms with Crippen LogP contribution in [0.5, 0.6) is 6.01 Å². The Morgan fingerprint density at radius 1 is 1.14 bits per heavy atom. The van der Waals surface area contributed by atoms with Crippen molar-refractivity contribution in [2.45, 2.75) is 13.3 Å². The quantitative estimate of drug-likeness (QED) is 0.530. The molecule has 0 saturated carbocycles. The molecule has 0 aliphatic heterocycles. The molecule has 8 heteroatoms. The Bertz CT molecular complexity index is 577. The van der Waals surface area contributed by atoms with Crippen LogP contribution in [-0.2, 0) is 6.42 Å². The highest BCUT2D eigenvalue weighted by atomic mass is 35.5. The van der Waals surface area contributed by atoms with Crippen LogP contribution in [-0.4, -0.2) is 28.1 Å². The smallest absolute Gasteiger partial charge is 0.323 e. The van der Waals surface area contributed by atoms with E-state index in [2.05, 4.69) is 25.7 Å². The third kappa shape index (κ3) is 4.73. The van der Waals surface area contributed by atoms with Gasteiger partial charge in [-0.15, -0.1) is 0 Å². The summed E-state index contributed by atoms with van der Waals surface area (Å²) >= 11 is 5.85. The van der Waals surface area contributed by atoms with Gasteiger partial charge in [-0.3, -0.25) is 5.43 Å². The molecule has 112 valence electrons. The normalized spacial score (nSPS) is 10.2. The van der Waals surface area contributed by atoms with Crippen molar-refractivity contribution in [3.8, 4) is 6.01 Å². The average molecular weight is 309 g/mol. The van der Waals surface area contributed by atoms with Gasteiger partial charge in [0.2, 0.25) is 11.9 Å². The van der Waals surface area contributed by atoms with Gasteiger partial charge in [-0.1, -0.05) is 23.7 Å². The van der Waals surface area contributed by atoms with Gasteiger partial charge in [0.1, 0.15) is 0 Å². The first-order valence-electron chi connectivity index (χ1n) is 6.55. The largest absolute Gasteiger partial charge is 0.464 e. The zero-order chi connectivity index (χ0) is 15.1. The van der Waals surface area contributed by atoms with E-state index in [1.165, 1.54) is 5.56 Å². The summed E-state index contributed by atoms with van der Waals surface area (Å²) in [4.78, 5) is 12.2. The second-order valence-corrected chi connectivity index (χ2v) is 4.58. The second-order valence-electron chi connectivity index (χ2n) is 4.15. The van der Waals surface area contributed by atoms with Crippen molar-refractivity contribution in [2.75, 3.05) is 23.9 Å². The Morgan fingerprint density at radius 2 is 1.86 bits per heavy atom. The highest BCUT2D eigenvalue weighted by Crippen LogP contribution is 2.12. The lowest BCUT2D eigenvalue weighted by molar-refractivity contribution is 0.312. The van der Waals surface area contributed by atoms with Crippen LogP contribution in [0.3, 0.4) is 0 Å². The third-order valence-corrected chi connectivity index (χ3v) is 2.88. The van der Waals surface area contributed by atoms with Gasteiger partial charge >= 0.3 is 6.01 Å². The Kier molecular flexibility index (Phi) is 5.53. The van der Waals surface area contributed by atoms with Crippen LogP contribution < -0.4 is 21.3 Å². The summed E-state index contributed by atoms with van der Waals surface area (Å²) in [6.07, 6.45) is 0.818. The van der Waals surface area contributed by atoms with Crippen molar-refractivity contribution >= 4 is 23.5 Å². The number of nitrogens with one attached hydrogen (secondary N) is 2. The maximum Gasteiger partial charge on any atom is 0.323 e. The number of halogens is 1. The zero-order valence-corrected chi connectivity index (χ0v) is 12.4. The summed E-state index contributed by atoms with van der Waals surface area (Å²) in [7, 11) is 0. The summed E-state index contributed by atoms with van der Waals surface area (Å²) in [5, 5.41) is 3.84. The number of nitrogens with zero attached hydrogens (tertiary/aromatic N) is 3. The van der Waals surface area contributed by atoms with Crippen molar-refractivity contribution < 1.29 is 4.74 Å². The Morgan fingerprint density at radius 3 is 2.52 bits per heavy atom. The molecular weight excluding hydrogens is 292 g/mol. The summed E-state index contributed by atoms with van der Waals surface area (Å²) in [6, 6.07) is 7.92. The zero-order valence-electron chi connectivity index (χ0n) is 11.6. The van der Waals surface area contributed by atoms with E-state index < -0.39 is 0 Å². The van der Waals surface area contributed by atoms with Gasteiger partial charge in [0.05, 0.1) is 6.61 Å². The number of hydrazine groups is 1. The molecule has 0 atom stereocenters. The fraction of sp³-hybridized carbons (Fsp3) is 0.308. The molecule has 0 amide bonds. The molecular formula is C13H17ClN6O. The van der Waals surface area contributed by atoms with Crippen LogP contribution in [0.2, 0.25) is 5.02 Å². The summed E-state index contributed by atoms with van der Waals surface area (Å²) in [5.74, 6) is 5.98. The summed E-state index contributed by atoms with van der Waals surface area (Å²) < 4.78 is 5.25. The molecule has 1 aromatic carbocycles. The number of ether oxygens (including phenoxy) is 1. The Labute approximate surface area is 127 Å². The van der Waals surface area contributed by atoms with Crippen molar-refractivity contribution in [3.63, 3.8) is 0 Å². The molecule has 2 rings (SSSR count). The third-order valence-electron chi connectivity index (χ3n) is 2.63. The molecule has 0 saturated heterocycles. The minimum Gasteiger partial charge on any atom is -0.464 e. The van der Waals surface area contributed by atoms with Crippen LogP contribution in [0.4, 0.5) is 11.9 Å². The fourth-order valence-electron chi connectivity index (χ4n) is 1.66. The van der Waals surface area contributed by atoms with Crippen molar-refractivity contribution in [2.24, 2.45) is 5.84 Å². The van der Waals surface area contributed by atoms with Crippen LogP contribution in [0.25, 0.3) is 0 Å². The highest BCUT2D eigenvalue weighted by Gasteiger charge is 2.06. The maximum absolute atomic E-state index is 5.85. The monoisotopic (exact) mass is 308 g/mol. The van der Waals surface area contributed by atoms with E-state index in [1.807, 2.05) is 31.2 Å². The van der Waals surface area contributed by atoms with Crippen molar-refractivity contribution in [1.82, 2.24) is 15.0 Å². The van der Waals surface area contributed by atoms with Crippen molar-refractivity contribution in [1.29, 1.82) is 0 Å². The lowest BCUT2D eigenvalue weighted by Crippen LogP contribution is -2.15. The van der Waals surface area contributed by atoms with Gasteiger partial charge in [-0.05, 0) is 31.0 Å². The minimum atomic E-state index is 0.231. The highest BCUT2D eigenvalue weighted by molar-refractivity contribution is 6.30. The van der Waals surface area contributed by atoms with E-state index >= 15 is 0 Å². The second kappa shape index (κ2) is 7.61. The van der Waals surface area contributed by atoms with Gasteiger partial charge in [0, 0.05) is 11.6 Å². The van der Waals surface area contributed by atoms with Crippen LogP contribution >= 0.6 is 11.6 Å². The molecule has 21 heavy (non-hydrogen) atoms. The molecule has 0 unspecified atom stereocenters. The molecule has 7 nitrogen and oxygen atoms in total. The molecule has 2 aromatic rings. The molecule has 0 aliphatic carbocycles. The number of anilines is 2. The summed E-state index contributed by atoms with van der Waals surface area (Å²) in [5.41, 5.74) is 3.55. The molecule has 1 heterocycles. The number of nitrogens with two attached hydrogens (primary N) is 1. The average Bonchev–Trinajstić information content (AvgIpc) is 2.49. The molecule has 0 spiro atoms. The van der Waals surface area contributed by atoms with E-state index in [-0.39, 0.29) is 12.0 Å². The number of benzene rings is 1. The van der Waals surface area contributed by atoms with E-state index in [4.69, 9.17) is 22.2 Å². The van der Waals surface area contributed by atoms with Gasteiger partial charge in [0.15, 0.2) is 0 Å². The van der Waals surface area contributed by atoms with Gasteiger partial charge in [-0.2, -0.15) is 15.0 Å². The molecule has 0 bridgehead atoms. The Hall–Kier alpha value is -2.12. The number of hydrogen-bond donors (Lipinski definition) is 3. The van der Waals surface area contributed by atoms with Crippen LogP contribution in [0.15, 0.2) is 24.3 Å². The molecule has 0 fully saturated rings. The van der Waals surface area contributed by atoms with Crippen molar-refractivity contribution in [3.05, 3.63) is 34.9 Å². The Balaban J connectivity index is 1.95. The lowest BCUT2D eigenvalue weighted by Gasteiger charge is -2.08. The predicted molar refractivity (Wildman–Crippen MR) is 82.5 cm³/mol. The molecule has 1 aromatic heterocycles. The van der Waals surface area contributed by atoms with Gasteiger partial charge in [-0.25, -0.2) is 5.84 Å². The standard InChI is InChI=1S/C13H17ClN6O/c1-2-21-13-18-11(17-12(19-13)20-15)16-8-7-9-3-5-10(14)6-4-9/h3-6H,2,7-8,15H2,1H3,(H2,16,17,18,19,20). The minimum absolute atomic E-state index is 0.231. The van der Waals surface area contributed by atoms with E-state index in [1.54, 1.807) is 0 Å². The van der Waals surface area contributed by atoms with Gasteiger partial charge < -0.3 is 10.1 Å². The molecule has 0 aliphatic rings. The SMILES string of the molecule is CCOc1nc(NN)nc(NCCc2ccc(Cl)cc2)n1.